The zero-order chi connectivity index (χ0) is 10.5. The van der Waals surface area contributed by atoms with Gasteiger partial charge in [0.25, 0.3) is 5.91 Å². The van der Waals surface area contributed by atoms with Gasteiger partial charge < -0.3 is 9.73 Å². The maximum Gasteiger partial charge on any atom is 0.253 e. The molecule has 5 heteroatoms. The van der Waals surface area contributed by atoms with Gasteiger partial charge in [0.1, 0.15) is 5.76 Å². The Morgan fingerprint density at radius 2 is 2.25 bits per heavy atom. The highest BCUT2D eigenvalue weighted by atomic mass is 35.5. The van der Waals surface area contributed by atoms with E-state index in [1.54, 1.807) is 30.7 Å². The van der Waals surface area contributed by atoms with E-state index in [9.17, 15) is 4.79 Å². The van der Waals surface area contributed by atoms with Crippen LogP contribution in [0, 0.1) is 0 Å². The van der Waals surface area contributed by atoms with E-state index >= 15 is 0 Å². The van der Waals surface area contributed by atoms with Gasteiger partial charge in [-0.3, -0.25) is 9.78 Å². The van der Waals surface area contributed by atoms with Crippen molar-refractivity contribution in [1.29, 1.82) is 0 Å². The minimum Gasteiger partial charge on any atom is -0.467 e. The van der Waals surface area contributed by atoms with Gasteiger partial charge in [0, 0.05) is 12.4 Å². The maximum atomic E-state index is 11.5. The molecule has 0 aliphatic carbocycles. The Morgan fingerprint density at radius 3 is 2.88 bits per heavy atom. The number of carbonyl (C=O) groups is 1. The van der Waals surface area contributed by atoms with Crippen molar-refractivity contribution < 1.29 is 9.21 Å². The van der Waals surface area contributed by atoms with Crippen LogP contribution in [0.5, 0.6) is 0 Å². The lowest BCUT2D eigenvalue weighted by atomic mass is 10.2. The van der Waals surface area contributed by atoms with Crippen LogP contribution in [0.25, 0.3) is 0 Å². The van der Waals surface area contributed by atoms with Crippen LogP contribution in [0.1, 0.15) is 16.1 Å². The molecule has 2 aromatic rings. The Morgan fingerprint density at radius 1 is 1.38 bits per heavy atom. The highest BCUT2D eigenvalue weighted by Gasteiger charge is 2.04. The number of carbonyl (C=O) groups excluding carboxylic acids is 1. The fourth-order valence-corrected chi connectivity index (χ4v) is 1.18. The third-order valence-corrected chi connectivity index (χ3v) is 1.93. The molecular formula is C11H11ClN2O2. The molecule has 1 amide bonds. The fraction of sp³-hybridized carbons (Fsp3) is 0.0909. The predicted octanol–water partition coefficient (Wildman–Crippen LogP) is 2.03. The predicted molar refractivity (Wildman–Crippen MR) is 61.4 cm³/mol. The molecule has 4 nitrogen and oxygen atoms in total. The Labute approximate surface area is 99.1 Å². The van der Waals surface area contributed by atoms with Gasteiger partial charge in [0.05, 0.1) is 18.4 Å². The topological polar surface area (TPSA) is 55.1 Å². The lowest BCUT2D eigenvalue weighted by molar-refractivity contribution is 0.0947. The van der Waals surface area contributed by atoms with Gasteiger partial charge in [-0.25, -0.2) is 0 Å². The largest absolute Gasteiger partial charge is 0.467 e. The Kier molecular flexibility index (Phi) is 4.54. The molecule has 2 rings (SSSR count). The first-order chi connectivity index (χ1) is 7.36. The van der Waals surface area contributed by atoms with E-state index in [1.807, 2.05) is 6.07 Å². The van der Waals surface area contributed by atoms with Gasteiger partial charge in [-0.1, -0.05) is 0 Å². The highest BCUT2D eigenvalue weighted by molar-refractivity contribution is 5.93. The molecule has 84 valence electrons. The van der Waals surface area contributed by atoms with Gasteiger partial charge >= 0.3 is 0 Å². The number of furan rings is 1. The van der Waals surface area contributed by atoms with Crippen molar-refractivity contribution >= 4 is 18.3 Å². The summed E-state index contributed by atoms with van der Waals surface area (Å²) in [5.41, 5.74) is 0.545. The second-order valence-corrected chi connectivity index (χ2v) is 3.00. The summed E-state index contributed by atoms with van der Waals surface area (Å²) < 4.78 is 5.09. The van der Waals surface area contributed by atoms with Crippen LogP contribution in [0.15, 0.2) is 47.3 Å². The van der Waals surface area contributed by atoms with Gasteiger partial charge in [-0.2, -0.15) is 0 Å². The molecule has 1 N–H and O–H groups in total. The summed E-state index contributed by atoms with van der Waals surface area (Å²) in [4.78, 5) is 15.4. The standard InChI is InChI=1S/C11H10N2O2.ClH/c14-11(9-3-1-5-12-7-9)13-8-10-4-2-6-15-10;/h1-7H,8H2,(H,13,14);1H. The SMILES string of the molecule is Cl.O=C(NCc1ccco1)c1cccnc1. The maximum absolute atomic E-state index is 11.5. The molecule has 2 aromatic heterocycles. The van der Waals surface area contributed by atoms with Crippen LogP contribution in [0.2, 0.25) is 0 Å². The number of aromatic nitrogens is 1. The normalized spacial score (nSPS) is 9.25. The highest BCUT2D eigenvalue weighted by Crippen LogP contribution is 2.00. The molecule has 0 saturated heterocycles. The van der Waals surface area contributed by atoms with Crippen molar-refractivity contribution in [2.24, 2.45) is 0 Å². The second-order valence-electron chi connectivity index (χ2n) is 3.00. The van der Waals surface area contributed by atoms with Crippen LogP contribution in [-0.4, -0.2) is 10.9 Å². The molecule has 0 fully saturated rings. The quantitative estimate of drug-likeness (QED) is 0.890. The molecule has 0 aliphatic rings. The molecule has 0 spiro atoms. The zero-order valence-corrected chi connectivity index (χ0v) is 9.24. The zero-order valence-electron chi connectivity index (χ0n) is 8.42. The van der Waals surface area contributed by atoms with Crippen LogP contribution >= 0.6 is 12.4 Å². The van der Waals surface area contributed by atoms with Crippen LogP contribution in [0.4, 0.5) is 0 Å². The van der Waals surface area contributed by atoms with E-state index in [2.05, 4.69) is 10.3 Å². The molecule has 0 unspecified atom stereocenters. The Bertz CT molecular complexity index is 429. The number of amides is 1. The van der Waals surface area contributed by atoms with Crippen molar-refractivity contribution in [1.82, 2.24) is 10.3 Å². The van der Waals surface area contributed by atoms with Crippen molar-refractivity contribution in [2.75, 3.05) is 0 Å². The Balaban J connectivity index is 0.00000128. The van der Waals surface area contributed by atoms with Crippen molar-refractivity contribution in [3.05, 3.63) is 54.2 Å². The van der Waals surface area contributed by atoms with E-state index in [4.69, 9.17) is 4.42 Å². The Hall–Kier alpha value is -1.81. The van der Waals surface area contributed by atoms with Crippen LogP contribution in [-0.2, 0) is 6.54 Å². The first-order valence-corrected chi connectivity index (χ1v) is 4.57. The molecule has 0 aliphatic heterocycles. The minimum absolute atomic E-state index is 0. The summed E-state index contributed by atoms with van der Waals surface area (Å²) in [6, 6.07) is 7.03. The van der Waals surface area contributed by atoms with Crippen molar-refractivity contribution in [3.8, 4) is 0 Å². The lowest BCUT2D eigenvalue weighted by Crippen LogP contribution is -2.22. The summed E-state index contributed by atoms with van der Waals surface area (Å²) in [6.45, 7) is 0.390. The first-order valence-electron chi connectivity index (χ1n) is 4.57. The van der Waals surface area contributed by atoms with Crippen LogP contribution in [0.3, 0.4) is 0 Å². The molecule has 0 radical (unpaired) electrons. The van der Waals surface area contributed by atoms with E-state index in [0.717, 1.165) is 5.76 Å². The molecule has 0 atom stereocenters. The summed E-state index contributed by atoms with van der Waals surface area (Å²) in [6.07, 6.45) is 4.73. The van der Waals surface area contributed by atoms with Gasteiger partial charge in [0.2, 0.25) is 0 Å². The third-order valence-electron chi connectivity index (χ3n) is 1.93. The molecular weight excluding hydrogens is 228 g/mol. The summed E-state index contributed by atoms with van der Waals surface area (Å²) in [7, 11) is 0. The molecule has 2 heterocycles. The summed E-state index contributed by atoms with van der Waals surface area (Å²) >= 11 is 0. The molecule has 0 bridgehead atoms. The minimum atomic E-state index is -0.153. The average molecular weight is 239 g/mol. The fourth-order valence-electron chi connectivity index (χ4n) is 1.18. The van der Waals surface area contributed by atoms with E-state index < -0.39 is 0 Å². The van der Waals surface area contributed by atoms with Crippen molar-refractivity contribution in [3.63, 3.8) is 0 Å². The third kappa shape index (κ3) is 3.10. The number of hydrogen-bond donors (Lipinski definition) is 1. The molecule has 16 heavy (non-hydrogen) atoms. The lowest BCUT2D eigenvalue weighted by Gasteiger charge is -2.01. The average Bonchev–Trinajstić information content (AvgIpc) is 2.80. The summed E-state index contributed by atoms with van der Waals surface area (Å²) in [5.74, 6) is 0.576. The number of nitrogens with zero attached hydrogens (tertiary/aromatic N) is 1. The number of hydrogen-bond acceptors (Lipinski definition) is 3. The molecule has 0 saturated carbocycles. The first kappa shape index (κ1) is 12.3. The summed E-state index contributed by atoms with van der Waals surface area (Å²) in [5, 5.41) is 2.73. The van der Waals surface area contributed by atoms with E-state index in [1.165, 1.54) is 6.20 Å². The number of pyridine rings is 1. The number of rotatable bonds is 3. The second kappa shape index (κ2) is 5.92. The van der Waals surface area contributed by atoms with E-state index in [0.29, 0.717) is 12.1 Å². The number of halogens is 1. The van der Waals surface area contributed by atoms with E-state index in [-0.39, 0.29) is 18.3 Å². The van der Waals surface area contributed by atoms with Gasteiger partial charge in [-0.15, -0.1) is 12.4 Å². The van der Waals surface area contributed by atoms with Crippen LogP contribution < -0.4 is 5.32 Å². The van der Waals surface area contributed by atoms with Crippen molar-refractivity contribution in [2.45, 2.75) is 6.54 Å². The monoisotopic (exact) mass is 238 g/mol. The number of nitrogens with one attached hydrogen (secondary N) is 1. The molecule has 0 aromatic carbocycles. The van der Waals surface area contributed by atoms with Gasteiger partial charge in [0.15, 0.2) is 0 Å². The smallest absolute Gasteiger partial charge is 0.253 e. The van der Waals surface area contributed by atoms with Gasteiger partial charge in [-0.05, 0) is 24.3 Å².